The Hall–Kier alpha value is -6.00. The molecule has 4 heteroatoms. The Bertz CT molecular complexity index is 2120. The lowest BCUT2D eigenvalue weighted by molar-refractivity contribution is 1.08. The van der Waals surface area contributed by atoms with E-state index in [1.807, 2.05) is 48.7 Å². The monoisotopic (exact) mass is 562 g/mol. The van der Waals surface area contributed by atoms with Crippen molar-refractivity contribution in [1.82, 2.24) is 19.9 Å². The molecule has 0 atom stereocenters. The van der Waals surface area contributed by atoms with Crippen LogP contribution in [0.2, 0.25) is 0 Å². The number of aromatic nitrogens is 4. The topological polar surface area (TPSA) is 51.6 Å². The average Bonchev–Trinajstić information content (AvgIpc) is 3.11. The second-order valence-corrected chi connectivity index (χ2v) is 10.7. The highest BCUT2D eigenvalue weighted by Gasteiger charge is 2.18. The molecule has 0 fully saturated rings. The van der Waals surface area contributed by atoms with Crippen molar-refractivity contribution in [1.29, 1.82) is 0 Å². The molecule has 6 aromatic carbocycles. The highest BCUT2D eigenvalue weighted by molar-refractivity contribution is 6.06. The average molecular weight is 563 g/mol. The Kier molecular flexibility index (Phi) is 6.43. The van der Waals surface area contributed by atoms with Crippen molar-refractivity contribution in [2.24, 2.45) is 0 Å². The summed E-state index contributed by atoms with van der Waals surface area (Å²) in [7, 11) is 0. The molecule has 8 rings (SSSR count). The van der Waals surface area contributed by atoms with E-state index >= 15 is 0 Å². The van der Waals surface area contributed by atoms with Gasteiger partial charge in [-0.2, -0.15) is 0 Å². The molecule has 0 aliphatic rings. The molecule has 0 N–H and O–H groups in total. The molecule has 0 spiro atoms. The van der Waals surface area contributed by atoms with Crippen LogP contribution in [-0.2, 0) is 0 Å². The fourth-order valence-corrected chi connectivity index (χ4v) is 5.96. The van der Waals surface area contributed by atoms with Crippen molar-refractivity contribution in [2.75, 3.05) is 0 Å². The molecule has 206 valence electrons. The SMILES string of the molecule is c1ccc(-c2nc(-c3ccc(-c4ccccc4)c4ccccc34)nc(-c3ccc(-c4cccnc4)c4ccccc34)n2)cc1. The van der Waals surface area contributed by atoms with Gasteiger partial charge in [0.15, 0.2) is 17.5 Å². The van der Waals surface area contributed by atoms with E-state index in [4.69, 9.17) is 15.0 Å². The van der Waals surface area contributed by atoms with Crippen LogP contribution in [0, 0.1) is 0 Å². The molecule has 0 radical (unpaired) electrons. The molecule has 0 saturated carbocycles. The van der Waals surface area contributed by atoms with Crippen molar-refractivity contribution in [2.45, 2.75) is 0 Å². The Balaban J connectivity index is 1.37. The van der Waals surface area contributed by atoms with Gasteiger partial charge in [-0.1, -0.05) is 127 Å². The van der Waals surface area contributed by atoms with E-state index in [-0.39, 0.29) is 0 Å². The molecule has 0 aliphatic heterocycles. The number of pyridine rings is 1. The van der Waals surface area contributed by atoms with Gasteiger partial charge in [-0.15, -0.1) is 0 Å². The Morgan fingerprint density at radius 1 is 0.295 bits per heavy atom. The van der Waals surface area contributed by atoms with Crippen molar-refractivity contribution in [3.8, 4) is 56.4 Å². The highest BCUT2D eigenvalue weighted by atomic mass is 15.0. The first-order valence-electron chi connectivity index (χ1n) is 14.6. The van der Waals surface area contributed by atoms with Gasteiger partial charge in [-0.25, -0.2) is 15.0 Å². The minimum Gasteiger partial charge on any atom is -0.264 e. The third-order valence-corrected chi connectivity index (χ3v) is 8.05. The maximum absolute atomic E-state index is 5.17. The van der Waals surface area contributed by atoms with E-state index in [2.05, 4.69) is 108 Å². The summed E-state index contributed by atoms with van der Waals surface area (Å²) in [5.41, 5.74) is 7.42. The van der Waals surface area contributed by atoms with E-state index in [0.29, 0.717) is 17.5 Å². The summed E-state index contributed by atoms with van der Waals surface area (Å²) >= 11 is 0. The third kappa shape index (κ3) is 4.59. The van der Waals surface area contributed by atoms with Crippen LogP contribution in [0.4, 0.5) is 0 Å². The third-order valence-electron chi connectivity index (χ3n) is 8.05. The molecule has 0 bridgehead atoms. The lowest BCUT2D eigenvalue weighted by Crippen LogP contribution is -2.01. The minimum absolute atomic E-state index is 0.638. The quantitative estimate of drug-likeness (QED) is 0.209. The molecular weight excluding hydrogens is 536 g/mol. The Labute approximate surface area is 255 Å². The summed E-state index contributed by atoms with van der Waals surface area (Å²) in [4.78, 5) is 19.7. The second kappa shape index (κ2) is 11.0. The second-order valence-electron chi connectivity index (χ2n) is 10.7. The van der Waals surface area contributed by atoms with Gasteiger partial charge in [0.05, 0.1) is 0 Å². The first-order chi connectivity index (χ1) is 21.8. The van der Waals surface area contributed by atoms with Crippen LogP contribution in [0.3, 0.4) is 0 Å². The van der Waals surface area contributed by atoms with Crippen molar-refractivity contribution in [3.05, 3.63) is 158 Å². The fraction of sp³-hybridized carbons (Fsp3) is 0. The van der Waals surface area contributed by atoms with Crippen LogP contribution in [0.15, 0.2) is 158 Å². The van der Waals surface area contributed by atoms with Crippen LogP contribution in [0.5, 0.6) is 0 Å². The summed E-state index contributed by atoms with van der Waals surface area (Å²) in [6, 6.07) is 50.2. The van der Waals surface area contributed by atoms with Gasteiger partial charge in [-0.05, 0) is 56.4 Å². The molecule has 0 unspecified atom stereocenters. The number of fused-ring (bicyclic) bond motifs is 2. The van der Waals surface area contributed by atoms with Gasteiger partial charge in [-0.3, -0.25) is 4.98 Å². The smallest absolute Gasteiger partial charge is 0.164 e. The zero-order valence-electron chi connectivity index (χ0n) is 23.8. The number of benzene rings is 6. The van der Waals surface area contributed by atoms with Crippen LogP contribution in [0.25, 0.3) is 78.0 Å². The lowest BCUT2D eigenvalue weighted by Gasteiger charge is -2.14. The van der Waals surface area contributed by atoms with Gasteiger partial charge >= 0.3 is 0 Å². The summed E-state index contributed by atoms with van der Waals surface area (Å²) < 4.78 is 0. The fourth-order valence-electron chi connectivity index (χ4n) is 5.96. The first-order valence-corrected chi connectivity index (χ1v) is 14.6. The van der Waals surface area contributed by atoms with Crippen LogP contribution in [-0.4, -0.2) is 19.9 Å². The van der Waals surface area contributed by atoms with E-state index in [1.165, 1.54) is 11.1 Å². The van der Waals surface area contributed by atoms with E-state index in [0.717, 1.165) is 49.4 Å². The highest BCUT2D eigenvalue weighted by Crippen LogP contribution is 2.38. The largest absolute Gasteiger partial charge is 0.264 e. The van der Waals surface area contributed by atoms with Crippen molar-refractivity contribution in [3.63, 3.8) is 0 Å². The predicted molar refractivity (Wildman–Crippen MR) is 180 cm³/mol. The summed E-state index contributed by atoms with van der Waals surface area (Å²) in [5, 5.41) is 4.46. The minimum atomic E-state index is 0.638. The molecule has 2 aromatic heterocycles. The van der Waals surface area contributed by atoms with Crippen LogP contribution < -0.4 is 0 Å². The molecule has 4 nitrogen and oxygen atoms in total. The Morgan fingerprint density at radius 2 is 0.705 bits per heavy atom. The van der Waals surface area contributed by atoms with E-state index in [9.17, 15) is 0 Å². The van der Waals surface area contributed by atoms with E-state index < -0.39 is 0 Å². The lowest BCUT2D eigenvalue weighted by atomic mass is 9.94. The number of hydrogen-bond acceptors (Lipinski definition) is 4. The number of nitrogens with zero attached hydrogens (tertiary/aromatic N) is 4. The molecule has 0 aliphatic carbocycles. The first kappa shape index (κ1) is 25.7. The van der Waals surface area contributed by atoms with Gasteiger partial charge in [0.25, 0.3) is 0 Å². The zero-order valence-corrected chi connectivity index (χ0v) is 23.8. The van der Waals surface area contributed by atoms with Crippen LogP contribution >= 0.6 is 0 Å². The maximum Gasteiger partial charge on any atom is 0.164 e. The molecule has 2 heterocycles. The number of hydrogen-bond donors (Lipinski definition) is 0. The molecule has 0 amide bonds. The normalized spacial score (nSPS) is 11.2. The van der Waals surface area contributed by atoms with Gasteiger partial charge in [0.1, 0.15) is 0 Å². The molecule has 44 heavy (non-hydrogen) atoms. The maximum atomic E-state index is 5.17. The standard InChI is InChI=1S/C40H26N4/c1-3-12-27(13-4-1)30-21-23-36(34-19-9-7-17-32(30)34)39-42-38(28-14-5-2-6-15-28)43-40(44-39)37-24-22-31(29-16-11-25-41-26-29)33-18-8-10-20-35(33)37/h1-26H. The zero-order chi connectivity index (χ0) is 29.3. The van der Waals surface area contributed by atoms with Crippen molar-refractivity contribution >= 4 is 21.5 Å². The van der Waals surface area contributed by atoms with Crippen LogP contribution in [0.1, 0.15) is 0 Å². The summed E-state index contributed by atoms with van der Waals surface area (Å²) in [6.45, 7) is 0. The van der Waals surface area contributed by atoms with Crippen molar-refractivity contribution < 1.29 is 0 Å². The predicted octanol–water partition coefficient (Wildman–Crippen LogP) is 9.91. The summed E-state index contributed by atoms with van der Waals surface area (Å²) in [6.07, 6.45) is 3.70. The van der Waals surface area contributed by atoms with Gasteiger partial charge < -0.3 is 0 Å². The van der Waals surface area contributed by atoms with Gasteiger partial charge in [0, 0.05) is 34.6 Å². The Morgan fingerprint density at radius 3 is 1.23 bits per heavy atom. The number of rotatable bonds is 5. The summed E-state index contributed by atoms with van der Waals surface area (Å²) in [5.74, 6) is 1.92. The molecular formula is C40H26N4. The molecule has 0 saturated heterocycles. The van der Waals surface area contributed by atoms with E-state index in [1.54, 1.807) is 6.20 Å². The van der Waals surface area contributed by atoms with Gasteiger partial charge in [0.2, 0.25) is 0 Å². The molecule has 8 aromatic rings.